The van der Waals surface area contributed by atoms with E-state index in [0.717, 1.165) is 18.0 Å². The van der Waals surface area contributed by atoms with Crippen molar-refractivity contribution < 1.29 is 18.2 Å². The number of hydrogen-bond acceptors (Lipinski definition) is 1. The van der Waals surface area contributed by atoms with Gasteiger partial charge in [-0.2, -0.15) is 11.6 Å². The van der Waals surface area contributed by atoms with Gasteiger partial charge >= 0.3 is 27.7 Å². The van der Waals surface area contributed by atoms with Crippen molar-refractivity contribution >= 4 is 15.1 Å². The molecule has 82 valence electrons. The molecule has 2 rings (SSSR count). The van der Waals surface area contributed by atoms with E-state index >= 15 is 0 Å². The number of benzene rings is 1. The van der Waals surface area contributed by atoms with E-state index in [1.165, 1.54) is 5.56 Å². The van der Waals surface area contributed by atoms with Crippen LogP contribution in [0, 0.1) is 6.04 Å². The van der Waals surface area contributed by atoms with Gasteiger partial charge in [-0.1, -0.05) is 18.2 Å². The zero-order valence-electron chi connectivity index (χ0n) is 8.10. The van der Waals surface area contributed by atoms with Crippen LogP contribution in [0.25, 0.3) is 5.57 Å². The molecule has 0 amide bonds. The summed E-state index contributed by atoms with van der Waals surface area (Å²) in [5.41, 5.74) is 8.26. The molecule has 1 aromatic carbocycles. The molecule has 2 N–H and O–H groups in total. The fourth-order valence-corrected chi connectivity index (χ4v) is 1.48. The molecule has 0 heterocycles. The van der Waals surface area contributed by atoms with Gasteiger partial charge in [-0.05, 0) is 6.42 Å². The fourth-order valence-electron chi connectivity index (χ4n) is 1.48. The molecule has 0 unspecified atom stereocenters. The Bertz CT molecular complexity index is 346. The van der Waals surface area contributed by atoms with Crippen LogP contribution < -0.4 is 5.73 Å². The first-order chi connectivity index (χ1) is 7.38. The van der Waals surface area contributed by atoms with Gasteiger partial charge in [0.25, 0.3) is 0 Å². The maximum atomic E-state index is 5.91. The van der Waals surface area contributed by atoms with Gasteiger partial charge in [0.05, 0.1) is 0 Å². The molecule has 1 aromatic rings. The second kappa shape index (κ2) is 6.87. The van der Waals surface area contributed by atoms with Crippen LogP contribution in [0.15, 0.2) is 48.6 Å². The number of allylic oxidation sites excluding steroid dienone is 2. The summed E-state index contributed by atoms with van der Waals surface area (Å²) in [4.78, 5) is 0. The van der Waals surface area contributed by atoms with Crippen LogP contribution in [0.3, 0.4) is 0 Å². The van der Waals surface area contributed by atoms with Gasteiger partial charge in [0.1, 0.15) is 0 Å². The summed E-state index contributed by atoms with van der Waals surface area (Å²) in [7, 11) is 4.49. The number of nitrogens with two attached hydrogens (primary N) is 1. The van der Waals surface area contributed by atoms with Crippen LogP contribution in [0.5, 0.6) is 0 Å². The standard InChI is InChI=1S/C12H12N.ClH.Pd/c13-12-9-5-4-8-11(12)10-6-2-1-3-7-10;;/h1-8H,9,13H2;1H;/q-1;;+2/p-1. The minimum atomic E-state index is 0.862. The predicted molar refractivity (Wildman–Crippen MR) is 61.5 cm³/mol. The quantitative estimate of drug-likeness (QED) is 0.625. The summed E-state index contributed by atoms with van der Waals surface area (Å²) in [5.74, 6) is 0. The van der Waals surface area contributed by atoms with Crippen molar-refractivity contribution in [2.24, 2.45) is 5.73 Å². The molecular formula is C12H12ClNPd. The van der Waals surface area contributed by atoms with Crippen LogP contribution in [0.4, 0.5) is 0 Å². The minimum absolute atomic E-state index is 0.862. The number of halogens is 1. The summed E-state index contributed by atoms with van der Waals surface area (Å²) in [5, 5.41) is 0. The van der Waals surface area contributed by atoms with E-state index < -0.39 is 0 Å². The van der Waals surface area contributed by atoms with E-state index in [0.29, 0.717) is 0 Å². The summed E-state index contributed by atoms with van der Waals surface area (Å²) in [6.07, 6.45) is 7.05. The third-order valence-corrected chi connectivity index (χ3v) is 2.17. The molecule has 0 bridgehead atoms. The zero-order valence-corrected chi connectivity index (χ0v) is 10.4. The average molecular weight is 312 g/mol. The van der Waals surface area contributed by atoms with Gasteiger partial charge in [0, 0.05) is 0 Å². The molecule has 3 heteroatoms. The average Bonchev–Trinajstić information content (AvgIpc) is 2.33. The summed E-state index contributed by atoms with van der Waals surface area (Å²) in [6, 6.07) is 11.2. The normalized spacial score (nSPS) is 14.1. The third kappa shape index (κ3) is 3.52. The van der Waals surface area contributed by atoms with E-state index in [-0.39, 0.29) is 0 Å². The molecule has 0 aliphatic heterocycles. The number of hydrogen-bond donors (Lipinski definition) is 1. The Balaban J connectivity index is 0.000000531. The van der Waals surface area contributed by atoms with E-state index in [9.17, 15) is 0 Å². The summed E-state index contributed by atoms with van der Waals surface area (Å²) in [6.45, 7) is 0. The van der Waals surface area contributed by atoms with Gasteiger partial charge in [0.2, 0.25) is 0 Å². The Morgan fingerprint density at radius 2 is 1.87 bits per heavy atom. The van der Waals surface area contributed by atoms with Gasteiger partial charge in [0.15, 0.2) is 0 Å². The molecule has 0 atom stereocenters. The van der Waals surface area contributed by atoms with Crippen LogP contribution in [-0.2, 0) is 18.2 Å². The summed E-state index contributed by atoms with van der Waals surface area (Å²) < 4.78 is 0. The van der Waals surface area contributed by atoms with E-state index in [1.54, 1.807) is 0 Å². The second-order valence-corrected chi connectivity index (χ2v) is 3.10. The molecule has 0 spiro atoms. The Morgan fingerprint density at radius 3 is 2.47 bits per heavy atom. The molecule has 0 saturated carbocycles. The maximum absolute atomic E-state index is 5.91. The monoisotopic (exact) mass is 311 g/mol. The van der Waals surface area contributed by atoms with Gasteiger partial charge in [-0.3, -0.25) is 0 Å². The molecule has 0 fully saturated rings. The van der Waals surface area contributed by atoms with Crippen LogP contribution in [0.2, 0.25) is 0 Å². The van der Waals surface area contributed by atoms with Crippen molar-refractivity contribution in [3.05, 3.63) is 60.2 Å². The molecule has 1 nitrogen and oxygen atoms in total. The molecular weight excluding hydrogens is 300 g/mol. The predicted octanol–water partition coefficient (Wildman–Crippen LogP) is 3.21. The van der Waals surface area contributed by atoms with Crippen LogP contribution >= 0.6 is 9.53 Å². The fraction of sp³-hybridized carbons (Fsp3) is 0.0833. The zero-order chi connectivity index (χ0) is 11.1. The van der Waals surface area contributed by atoms with Gasteiger partial charge in [-0.15, -0.1) is 35.9 Å². The molecule has 15 heavy (non-hydrogen) atoms. The van der Waals surface area contributed by atoms with Crippen LogP contribution in [0.1, 0.15) is 12.0 Å². The van der Waals surface area contributed by atoms with Crippen LogP contribution in [-0.4, -0.2) is 0 Å². The Hall–Kier alpha value is -0.518. The molecule has 1 aliphatic rings. The van der Waals surface area contributed by atoms with E-state index in [1.807, 2.05) is 18.2 Å². The van der Waals surface area contributed by atoms with Crippen molar-refractivity contribution in [3.63, 3.8) is 0 Å². The van der Waals surface area contributed by atoms with E-state index in [4.69, 9.17) is 5.73 Å². The number of rotatable bonds is 1. The second-order valence-electron chi connectivity index (χ2n) is 3.10. The van der Waals surface area contributed by atoms with E-state index in [2.05, 4.69) is 58.1 Å². The molecule has 1 aliphatic carbocycles. The van der Waals surface area contributed by atoms with Crippen molar-refractivity contribution in [3.8, 4) is 0 Å². The van der Waals surface area contributed by atoms with Crippen molar-refractivity contribution in [1.29, 1.82) is 0 Å². The van der Waals surface area contributed by atoms with Gasteiger partial charge < -0.3 is 5.73 Å². The molecule has 0 radical (unpaired) electrons. The Labute approximate surface area is 105 Å². The molecule has 0 saturated heterocycles. The van der Waals surface area contributed by atoms with Gasteiger partial charge in [-0.25, -0.2) is 0 Å². The Kier molecular flexibility index (Phi) is 5.75. The van der Waals surface area contributed by atoms with Crippen molar-refractivity contribution in [2.75, 3.05) is 0 Å². The topological polar surface area (TPSA) is 26.0 Å². The first-order valence-corrected chi connectivity index (χ1v) is 6.54. The van der Waals surface area contributed by atoms with Crippen molar-refractivity contribution in [1.82, 2.24) is 0 Å². The Morgan fingerprint density at radius 1 is 1.20 bits per heavy atom. The van der Waals surface area contributed by atoms with Crippen molar-refractivity contribution in [2.45, 2.75) is 6.42 Å². The third-order valence-electron chi connectivity index (χ3n) is 2.17. The SMILES string of the molecule is N[C-]1CC=CC=C1c1ccccc1.[Cl][Pd+]. The first-order valence-electron chi connectivity index (χ1n) is 4.54. The first kappa shape index (κ1) is 12.6. The summed E-state index contributed by atoms with van der Waals surface area (Å²) >= 11 is 2.22. The molecule has 0 aromatic heterocycles.